The summed E-state index contributed by atoms with van der Waals surface area (Å²) in [4.78, 5) is 21.2. The molecule has 1 saturated carbocycles. The van der Waals surface area contributed by atoms with Gasteiger partial charge in [-0.15, -0.1) is 0 Å². The number of nitrogens with zero attached hydrogens (tertiary/aromatic N) is 3. The zero-order valence-electron chi connectivity index (χ0n) is 15.8. The molecule has 4 rings (SSSR count). The standard InChI is InChI=1S/C20H22N4O3S/c1-24-12-17(15-5-3-4-6-16(15)19(24)25)18-14(10-9-13-7-8-13)11-21-20(22-18)23-28(2,26)27/h3-6,11-13H,7-10H2,1-2H3,(H,21,22,23). The maximum absolute atomic E-state index is 12.5. The minimum atomic E-state index is -3.49. The number of aryl methyl sites for hydroxylation is 2. The molecule has 1 aliphatic rings. The highest BCUT2D eigenvalue weighted by molar-refractivity contribution is 7.91. The Hall–Kier alpha value is -2.74. The summed E-state index contributed by atoms with van der Waals surface area (Å²) in [6.07, 6.45) is 8.91. The Morgan fingerprint density at radius 1 is 1.21 bits per heavy atom. The molecule has 0 amide bonds. The maximum Gasteiger partial charge on any atom is 0.258 e. The molecule has 0 bridgehead atoms. The minimum absolute atomic E-state index is 0.0330. The lowest BCUT2D eigenvalue weighted by Crippen LogP contribution is -2.17. The lowest BCUT2D eigenvalue weighted by Gasteiger charge is -2.14. The average molecular weight is 398 g/mol. The van der Waals surface area contributed by atoms with E-state index in [-0.39, 0.29) is 11.5 Å². The van der Waals surface area contributed by atoms with Crippen molar-refractivity contribution in [2.75, 3.05) is 11.0 Å². The Bertz CT molecular complexity index is 1210. The number of aromatic nitrogens is 3. The Kier molecular flexibility index (Phi) is 4.66. The number of nitrogens with one attached hydrogen (secondary N) is 1. The number of benzene rings is 1. The second-order valence-corrected chi connectivity index (χ2v) is 9.18. The van der Waals surface area contributed by atoms with Crippen LogP contribution in [0.1, 0.15) is 24.8 Å². The van der Waals surface area contributed by atoms with Gasteiger partial charge in [-0.1, -0.05) is 31.0 Å². The van der Waals surface area contributed by atoms with Gasteiger partial charge >= 0.3 is 0 Å². The van der Waals surface area contributed by atoms with Gasteiger partial charge in [0.15, 0.2) is 0 Å². The summed E-state index contributed by atoms with van der Waals surface area (Å²) in [5.74, 6) is 0.782. The molecule has 28 heavy (non-hydrogen) atoms. The van der Waals surface area contributed by atoms with Crippen molar-refractivity contribution in [2.45, 2.75) is 25.7 Å². The van der Waals surface area contributed by atoms with E-state index < -0.39 is 10.0 Å². The Morgan fingerprint density at radius 3 is 2.61 bits per heavy atom. The van der Waals surface area contributed by atoms with E-state index in [0.29, 0.717) is 11.1 Å². The maximum atomic E-state index is 12.5. The highest BCUT2D eigenvalue weighted by Gasteiger charge is 2.22. The molecule has 8 heteroatoms. The van der Waals surface area contributed by atoms with Crippen LogP contribution in [0.15, 0.2) is 41.5 Å². The van der Waals surface area contributed by atoms with E-state index in [0.717, 1.165) is 41.5 Å². The molecule has 1 aromatic carbocycles. The van der Waals surface area contributed by atoms with E-state index in [1.54, 1.807) is 25.5 Å². The van der Waals surface area contributed by atoms with E-state index in [1.165, 1.54) is 17.4 Å². The molecule has 2 aromatic heterocycles. The first-order valence-corrected chi connectivity index (χ1v) is 11.1. The lowest BCUT2D eigenvalue weighted by atomic mass is 9.99. The van der Waals surface area contributed by atoms with Gasteiger partial charge < -0.3 is 4.57 Å². The van der Waals surface area contributed by atoms with Crippen LogP contribution in [0.4, 0.5) is 5.95 Å². The molecule has 146 valence electrons. The molecular weight excluding hydrogens is 376 g/mol. The normalized spacial score (nSPS) is 14.4. The van der Waals surface area contributed by atoms with Crippen LogP contribution >= 0.6 is 0 Å². The minimum Gasteiger partial charge on any atom is -0.317 e. The lowest BCUT2D eigenvalue weighted by molar-refractivity contribution is 0.606. The van der Waals surface area contributed by atoms with Gasteiger partial charge in [-0.3, -0.25) is 9.52 Å². The van der Waals surface area contributed by atoms with Crippen molar-refractivity contribution in [3.8, 4) is 11.3 Å². The number of pyridine rings is 1. The fourth-order valence-electron chi connectivity index (χ4n) is 3.41. The number of hydrogen-bond donors (Lipinski definition) is 1. The summed E-state index contributed by atoms with van der Waals surface area (Å²) in [5.41, 5.74) is 2.33. The van der Waals surface area contributed by atoms with Crippen LogP contribution < -0.4 is 10.3 Å². The van der Waals surface area contributed by atoms with Crippen LogP contribution in [0, 0.1) is 5.92 Å². The highest BCUT2D eigenvalue weighted by atomic mass is 32.2. The van der Waals surface area contributed by atoms with Gasteiger partial charge in [-0.25, -0.2) is 18.4 Å². The molecule has 0 spiro atoms. The summed E-state index contributed by atoms with van der Waals surface area (Å²) in [6, 6.07) is 7.40. The van der Waals surface area contributed by atoms with Crippen LogP contribution in [-0.2, 0) is 23.5 Å². The second kappa shape index (κ2) is 7.01. The number of hydrogen-bond acceptors (Lipinski definition) is 5. The van der Waals surface area contributed by atoms with Gasteiger partial charge in [0.2, 0.25) is 16.0 Å². The first-order chi connectivity index (χ1) is 13.3. The Balaban J connectivity index is 1.91. The molecule has 1 N–H and O–H groups in total. The van der Waals surface area contributed by atoms with Crippen molar-refractivity contribution in [2.24, 2.45) is 13.0 Å². The van der Waals surface area contributed by atoms with E-state index in [9.17, 15) is 13.2 Å². The summed E-state index contributed by atoms with van der Waals surface area (Å²) in [6.45, 7) is 0. The quantitative estimate of drug-likeness (QED) is 0.689. The molecule has 0 atom stereocenters. The third-order valence-electron chi connectivity index (χ3n) is 5.01. The van der Waals surface area contributed by atoms with Gasteiger partial charge in [-0.05, 0) is 35.8 Å². The zero-order valence-corrected chi connectivity index (χ0v) is 16.7. The van der Waals surface area contributed by atoms with Crippen LogP contribution in [0.25, 0.3) is 22.0 Å². The molecule has 0 aliphatic heterocycles. The zero-order chi connectivity index (χ0) is 19.9. The summed E-state index contributed by atoms with van der Waals surface area (Å²) >= 11 is 0. The van der Waals surface area contributed by atoms with Gasteiger partial charge in [0, 0.05) is 30.4 Å². The average Bonchev–Trinajstić information content (AvgIpc) is 3.47. The Morgan fingerprint density at radius 2 is 1.93 bits per heavy atom. The van der Waals surface area contributed by atoms with Crippen LogP contribution in [-0.4, -0.2) is 29.2 Å². The molecule has 2 heterocycles. The largest absolute Gasteiger partial charge is 0.317 e. The number of rotatable bonds is 6. The van der Waals surface area contributed by atoms with Crippen molar-refractivity contribution >= 4 is 26.7 Å². The highest BCUT2D eigenvalue weighted by Crippen LogP contribution is 2.35. The van der Waals surface area contributed by atoms with Gasteiger partial charge in [0.25, 0.3) is 5.56 Å². The molecule has 0 radical (unpaired) electrons. The van der Waals surface area contributed by atoms with Gasteiger partial charge in [-0.2, -0.15) is 0 Å². The summed E-state index contributed by atoms with van der Waals surface area (Å²) in [5, 5.41) is 1.40. The third kappa shape index (κ3) is 3.91. The van der Waals surface area contributed by atoms with Crippen molar-refractivity contribution < 1.29 is 8.42 Å². The topological polar surface area (TPSA) is 93.9 Å². The van der Waals surface area contributed by atoms with E-state index >= 15 is 0 Å². The first kappa shape index (κ1) is 18.6. The molecular formula is C20H22N4O3S. The summed E-state index contributed by atoms with van der Waals surface area (Å²) in [7, 11) is -1.78. The Labute approximate surface area is 163 Å². The number of sulfonamides is 1. The molecule has 0 saturated heterocycles. The fraction of sp³-hybridized carbons (Fsp3) is 0.350. The predicted molar refractivity (Wildman–Crippen MR) is 110 cm³/mol. The van der Waals surface area contributed by atoms with Crippen molar-refractivity contribution in [3.05, 3.63) is 52.6 Å². The molecule has 1 aliphatic carbocycles. The van der Waals surface area contributed by atoms with Crippen molar-refractivity contribution in [3.63, 3.8) is 0 Å². The SMILES string of the molecule is Cn1cc(-c2nc(NS(C)(=O)=O)ncc2CCC2CC2)c2ccccc2c1=O. The van der Waals surface area contributed by atoms with Crippen molar-refractivity contribution in [1.82, 2.24) is 14.5 Å². The van der Waals surface area contributed by atoms with Crippen LogP contribution in [0.5, 0.6) is 0 Å². The van der Waals surface area contributed by atoms with E-state index in [4.69, 9.17) is 0 Å². The monoisotopic (exact) mass is 398 g/mol. The molecule has 7 nitrogen and oxygen atoms in total. The van der Waals surface area contributed by atoms with Gasteiger partial charge in [0.1, 0.15) is 0 Å². The summed E-state index contributed by atoms with van der Waals surface area (Å²) < 4.78 is 27.1. The predicted octanol–water partition coefficient (Wildman–Crippen LogP) is 2.71. The third-order valence-corrected chi connectivity index (χ3v) is 5.56. The number of anilines is 1. The molecule has 1 fully saturated rings. The molecule has 0 unspecified atom stereocenters. The molecule has 3 aromatic rings. The first-order valence-electron chi connectivity index (χ1n) is 9.24. The van der Waals surface area contributed by atoms with Gasteiger partial charge in [0.05, 0.1) is 11.9 Å². The van der Waals surface area contributed by atoms with E-state index in [1.807, 2.05) is 18.2 Å². The van der Waals surface area contributed by atoms with Crippen LogP contribution in [0.2, 0.25) is 0 Å². The number of fused-ring (bicyclic) bond motifs is 1. The second-order valence-electron chi connectivity index (χ2n) is 7.43. The van der Waals surface area contributed by atoms with E-state index in [2.05, 4.69) is 14.7 Å². The van der Waals surface area contributed by atoms with Crippen LogP contribution in [0.3, 0.4) is 0 Å². The van der Waals surface area contributed by atoms with Crippen molar-refractivity contribution in [1.29, 1.82) is 0 Å². The fourth-order valence-corrected chi connectivity index (χ4v) is 3.84. The smallest absolute Gasteiger partial charge is 0.258 e.